The van der Waals surface area contributed by atoms with E-state index in [1.807, 2.05) is 18.2 Å². The van der Waals surface area contributed by atoms with Crippen molar-refractivity contribution in [3.05, 3.63) is 34.3 Å². The van der Waals surface area contributed by atoms with E-state index in [4.69, 9.17) is 5.84 Å². The molecule has 0 atom stereocenters. The predicted molar refractivity (Wildman–Crippen MR) is 53.2 cm³/mol. The van der Waals surface area contributed by atoms with Crippen LogP contribution in [0.3, 0.4) is 0 Å². The average Bonchev–Trinajstić information content (AvgIpc) is 2.09. The van der Waals surface area contributed by atoms with E-state index in [1.54, 1.807) is 0 Å². The van der Waals surface area contributed by atoms with Crippen molar-refractivity contribution in [2.45, 2.75) is 6.54 Å². The maximum absolute atomic E-state index is 5.11. The molecule has 12 heavy (non-hydrogen) atoms. The highest BCUT2D eigenvalue weighted by Crippen LogP contribution is 2.14. The summed E-state index contributed by atoms with van der Waals surface area (Å²) in [5, 5.41) is 3.13. The number of nitrogens with one attached hydrogen (secondary N) is 2. The third-order valence-electron chi connectivity index (χ3n) is 1.50. The Morgan fingerprint density at radius 1 is 1.33 bits per heavy atom. The van der Waals surface area contributed by atoms with Gasteiger partial charge in [-0.15, -0.1) is 0 Å². The lowest BCUT2D eigenvalue weighted by Crippen LogP contribution is -2.33. The van der Waals surface area contributed by atoms with Crippen molar-refractivity contribution in [2.24, 2.45) is 5.84 Å². The zero-order valence-electron chi connectivity index (χ0n) is 6.68. The summed E-state index contributed by atoms with van der Waals surface area (Å²) in [7, 11) is 0. The van der Waals surface area contributed by atoms with Gasteiger partial charge in [0.2, 0.25) is 0 Å². The molecule has 0 bridgehead atoms. The number of halogens is 1. The number of hydrogen-bond acceptors (Lipinski definition) is 3. The third-order valence-corrected chi connectivity index (χ3v) is 2.27. The lowest BCUT2D eigenvalue weighted by atomic mass is 10.2. The number of hydrogen-bond donors (Lipinski definition) is 3. The fourth-order valence-corrected chi connectivity index (χ4v) is 1.34. The minimum absolute atomic E-state index is 0.612. The fraction of sp³-hybridized carbons (Fsp3) is 0.250. The van der Waals surface area contributed by atoms with Gasteiger partial charge in [0.25, 0.3) is 0 Å². The highest BCUT2D eigenvalue weighted by Gasteiger charge is 1.95. The van der Waals surface area contributed by atoms with E-state index in [-0.39, 0.29) is 0 Å². The van der Waals surface area contributed by atoms with Crippen molar-refractivity contribution >= 4 is 15.9 Å². The molecule has 0 aliphatic rings. The smallest absolute Gasteiger partial charge is 0.0590 e. The zero-order valence-corrected chi connectivity index (χ0v) is 8.26. The second kappa shape index (κ2) is 5.27. The molecule has 0 radical (unpaired) electrons. The molecule has 0 aliphatic carbocycles. The van der Waals surface area contributed by atoms with Crippen LogP contribution in [0.4, 0.5) is 0 Å². The Morgan fingerprint density at radius 3 is 2.75 bits per heavy atom. The topological polar surface area (TPSA) is 50.1 Å². The number of rotatable bonds is 4. The molecule has 0 saturated heterocycles. The molecule has 4 heteroatoms. The zero-order chi connectivity index (χ0) is 8.81. The Kier molecular flexibility index (Phi) is 4.24. The highest BCUT2D eigenvalue weighted by molar-refractivity contribution is 9.10. The van der Waals surface area contributed by atoms with Crippen molar-refractivity contribution < 1.29 is 0 Å². The molecule has 0 amide bonds. The monoisotopic (exact) mass is 229 g/mol. The molecule has 0 fully saturated rings. The normalized spacial score (nSPS) is 10.2. The summed E-state index contributed by atoms with van der Waals surface area (Å²) in [6.45, 7) is 1.42. The van der Waals surface area contributed by atoms with Crippen molar-refractivity contribution in [3.8, 4) is 0 Å². The van der Waals surface area contributed by atoms with Crippen molar-refractivity contribution in [1.82, 2.24) is 10.7 Å². The van der Waals surface area contributed by atoms with Gasteiger partial charge >= 0.3 is 0 Å². The molecular weight excluding hydrogens is 218 g/mol. The largest absolute Gasteiger partial charge is 0.299 e. The van der Waals surface area contributed by atoms with Crippen molar-refractivity contribution in [1.29, 1.82) is 0 Å². The van der Waals surface area contributed by atoms with E-state index in [0.717, 1.165) is 11.0 Å². The molecule has 0 spiro atoms. The first kappa shape index (κ1) is 9.67. The maximum atomic E-state index is 5.11. The molecule has 0 aliphatic heterocycles. The molecule has 3 nitrogen and oxygen atoms in total. The molecule has 0 unspecified atom stereocenters. The molecule has 1 aromatic carbocycles. The Balaban J connectivity index is 2.46. The second-order valence-corrected chi connectivity index (χ2v) is 3.25. The van der Waals surface area contributed by atoms with Gasteiger partial charge in [-0.2, -0.15) is 0 Å². The van der Waals surface area contributed by atoms with Crippen LogP contribution in [0.15, 0.2) is 28.7 Å². The Labute approximate surface area is 80.4 Å². The van der Waals surface area contributed by atoms with Crippen LogP contribution in [-0.2, 0) is 6.54 Å². The summed E-state index contributed by atoms with van der Waals surface area (Å²) in [4.78, 5) is 0. The van der Waals surface area contributed by atoms with E-state index in [1.165, 1.54) is 5.56 Å². The van der Waals surface area contributed by atoms with Crippen LogP contribution in [0.2, 0.25) is 0 Å². The first-order valence-corrected chi connectivity index (χ1v) is 4.51. The summed E-state index contributed by atoms with van der Waals surface area (Å²) in [6, 6.07) is 8.09. The number of benzene rings is 1. The first-order valence-electron chi connectivity index (χ1n) is 3.72. The lowest BCUT2D eigenvalue weighted by molar-refractivity contribution is 0.600. The second-order valence-electron chi connectivity index (χ2n) is 2.40. The van der Waals surface area contributed by atoms with Gasteiger partial charge < -0.3 is 0 Å². The van der Waals surface area contributed by atoms with Gasteiger partial charge in [-0.3, -0.25) is 11.2 Å². The minimum atomic E-state index is 0.612. The summed E-state index contributed by atoms with van der Waals surface area (Å²) in [6.07, 6.45) is 0. The van der Waals surface area contributed by atoms with Gasteiger partial charge in [-0.25, -0.2) is 5.43 Å². The Morgan fingerprint density at radius 2 is 2.08 bits per heavy atom. The standard InChI is InChI=1S/C8H12BrN3/c9-8-4-2-1-3-7(8)5-11-6-12-10/h1-4,11-12H,5-6,10H2. The summed E-state index contributed by atoms with van der Waals surface area (Å²) in [5.41, 5.74) is 3.76. The van der Waals surface area contributed by atoms with Crippen LogP contribution in [-0.4, -0.2) is 6.67 Å². The number of hydrazine groups is 1. The van der Waals surface area contributed by atoms with E-state index < -0.39 is 0 Å². The molecule has 0 heterocycles. The molecule has 66 valence electrons. The molecule has 1 aromatic rings. The Bertz CT molecular complexity index is 239. The van der Waals surface area contributed by atoms with E-state index in [2.05, 4.69) is 32.7 Å². The van der Waals surface area contributed by atoms with Crippen LogP contribution in [0.5, 0.6) is 0 Å². The predicted octanol–water partition coefficient (Wildman–Crippen LogP) is 0.960. The molecule has 0 saturated carbocycles. The Hall–Kier alpha value is -0.420. The van der Waals surface area contributed by atoms with Crippen LogP contribution in [0.1, 0.15) is 5.56 Å². The van der Waals surface area contributed by atoms with Crippen LogP contribution >= 0.6 is 15.9 Å². The molecular formula is C8H12BrN3. The first-order chi connectivity index (χ1) is 5.84. The van der Waals surface area contributed by atoms with Gasteiger partial charge in [0.05, 0.1) is 6.67 Å². The van der Waals surface area contributed by atoms with Gasteiger partial charge in [-0.1, -0.05) is 34.1 Å². The van der Waals surface area contributed by atoms with E-state index in [0.29, 0.717) is 6.67 Å². The van der Waals surface area contributed by atoms with Crippen LogP contribution in [0.25, 0.3) is 0 Å². The molecule has 1 rings (SSSR count). The molecule has 4 N–H and O–H groups in total. The van der Waals surface area contributed by atoms with Gasteiger partial charge in [-0.05, 0) is 11.6 Å². The summed E-state index contributed by atoms with van der Waals surface area (Å²) >= 11 is 3.46. The van der Waals surface area contributed by atoms with Gasteiger partial charge in [0.1, 0.15) is 0 Å². The van der Waals surface area contributed by atoms with E-state index in [9.17, 15) is 0 Å². The minimum Gasteiger partial charge on any atom is -0.299 e. The summed E-state index contributed by atoms with van der Waals surface area (Å²) in [5.74, 6) is 5.11. The quantitative estimate of drug-likeness (QED) is 0.312. The SMILES string of the molecule is NNCNCc1ccccc1Br. The fourth-order valence-electron chi connectivity index (χ4n) is 0.911. The lowest BCUT2D eigenvalue weighted by Gasteiger charge is -2.05. The van der Waals surface area contributed by atoms with E-state index >= 15 is 0 Å². The van der Waals surface area contributed by atoms with Crippen LogP contribution < -0.4 is 16.6 Å². The molecule has 0 aromatic heterocycles. The maximum Gasteiger partial charge on any atom is 0.0590 e. The van der Waals surface area contributed by atoms with Gasteiger partial charge in [0.15, 0.2) is 0 Å². The van der Waals surface area contributed by atoms with Gasteiger partial charge in [0, 0.05) is 11.0 Å². The third kappa shape index (κ3) is 2.91. The van der Waals surface area contributed by atoms with Crippen LogP contribution in [0, 0.1) is 0 Å². The average molecular weight is 230 g/mol. The summed E-state index contributed by atoms with van der Waals surface area (Å²) < 4.78 is 1.12. The van der Waals surface area contributed by atoms with Crippen molar-refractivity contribution in [2.75, 3.05) is 6.67 Å². The number of nitrogens with two attached hydrogens (primary N) is 1. The highest BCUT2D eigenvalue weighted by atomic mass is 79.9. The van der Waals surface area contributed by atoms with Crippen molar-refractivity contribution in [3.63, 3.8) is 0 Å².